The van der Waals surface area contributed by atoms with Crippen LogP contribution in [0.2, 0.25) is 0 Å². The highest BCUT2D eigenvalue weighted by Crippen LogP contribution is 2.26. The van der Waals surface area contributed by atoms with Crippen LogP contribution < -0.4 is 5.73 Å². The molecule has 0 saturated carbocycles. The molecule has 2 aromatic rings. The summed E-state index contributed by atoms with van der Waals surface area (Å²) in [5.74, 6) is 1.42. The molecular formula is C15H17N3. The van der Waals surface area contributed by atoms with Crippen LogP contribution in [0.4, 0.5) is 5.82 Å². The van der Waals surface area contributed by atoms with E-state index in [9.17, 15) is 0 Å². The molecule has 1 aromatic carbocycles. The van der Waals surface area contributed by atoms with Gasteiger partial charge in [-0.05, 0) is 38.7 Å². The van der Waals surface area contributed by atoms with Crippen LogP contribution >= 0.6 is 0 Å². The van der Waals surface area contributed by atoms with Crippen LogP contribution in [0.5, 0.6) is 0 Å². The van der Waals surface area contributed by atoms with Gasteiger partial charge in [-0.15, -0.1) is 0 Å². The summed E-state index contributed by atoms with van der Waals surface area (Å²) in [6.07, 6.45) is 4.46. The molecule has 0 saturated heterocycles. The van der Waals surface area contributed by atoms with Crippen LogP contribution in [0.3, 0.4) is 0 Å². The summed E-state index contributed by atoms with van der Waals surface area (Å²) in [5, 5.41) is 0. The van der Waals surface area contributed by atoms with Gasteiger partial charge < -0.3 is 5.73 Å². The fourth-order valence-corrected chi connectivity index (χ4v) is 2.54. The highest BCUT2D eigenvalue weighted by Gasteiger charge is 2.16. The predicted octanol–water partition coefficient (Wildman–Crippen LogP) is 2.91. The number of benzene rings is 1. The molecule has 0 bridgehead atoms. The molecule has 3 heteroatoms. The molecule has 0 atom stereocenters. The van der Waals surface area contributed by atoms with Gasteiger partial charge in [0, 0.05) is 16.8 Å². The predicted molar refractivity (Wildman–Crippen MR) is 73.3 cm³/mol. The van der Waals surface area contributed by atoms with Crippen molar-refractivity contribution in [2.75, 3.05) is 5.73 Å². The fraction of sp³-hybridized carbons (Fsp3) is 0.333. The molecule has 2 N–H and O–H groups in total. The van der Waals surface area contributed by atoms with Crippen LogP contribution in [0.25, 0.3) is 11.4 Å². The van der Waals surface area contributed by atoms with Crippen molar-refractivity contribution in [1.29, 1.82) is 0 Å². The summed E-state index contributed by atoms with van der Waals surface area (Å²) in [6, 6.07) is 8.25. The van der Waals surface area contributed by atoms with Gasteiger partial charge in [-0.1, -0.05) is 23.8 Å². The number of fused-ring (bicyclic) bond motifs is 1. The summed E-state index contributed by atoms with van der Waals surface area (Å²) in [4.78, 5) is 9.16. The zero-order valence-electron chi connectivity index (χ0n) is 10.6. The average Bonchev–Trinajstić information content (AvgIpc) is 2.39. The van der Waals surface area contributed by atoms with Crippen molar-refractivity contribution in [1.82, 2.24) is 9.97 Å². The number of nitrogen functional groups attached to an aromatic ring is 1. The van der Waals surface area contributed by atoms with E-state index in [1.54, 1.807) is 0 Å². The first-order valence-corrected chi connectivity index (χ1v) is 6.46. The molecule has 0 spiro atoms. The topological polar surface area (TPSA) is 51.8 Å². The second-order valence-electron chi connectivity index (χ2n) is 4.93. The Kier molecular flexibility index (Phi) is 2.74. The van der Waals surface area contributed by atoms with Gasteiger partial charge in [-0.25, -0.2) is 9.97 Å². The second kappa shape index (κ2) is 4.41. The van der Waals surface area contributed by atoms with Gasteiger partial charge in [-0.3, -0.25) is 0 Å². The standard InChI is InChI=1S/C15H17N3/c1-10-5-4-6-11(9-10)15-17-13-8-3-2-7-12(13)14(16)18-15/h4-6,9H,2-3,7-8H2,1H3,(H2,16,17,18). The molecule has 3 rings (SSSR count). The summed E-state index contributed by atoms with van der Waals surface area (Å²) < 4.78 is 0. The lowest BCUT2D eigenvalue weighted by molar-refractivity contribution is 0.666. The number of nitrogens with zero attached hydrogens (tertiary/aromatic N) is 2. The summed E-state index contributed by atoms with van der Waals surface area (Å²) >= 11 is 0. The van der Waals surface area contributed by atoms with E-state index in [2.05, 4.69) is 24.0 Å². The Morgan fingerprint density at radius 1 is 1.11 bits per heavy atom. The molecule has 1 aliphatic rings. The number of rotatable bonds is 1. The van der Waals surface area contributed by atoms with E-state index in [0.29, 0.717) is 5.82 Å². The Labute approximate surface area is 107 Å². The Hall–Kier alpha value is -1.90. The number of anilines is 1. The minimum absolute atomic E-state index is 0.663. The largest absolute Gasteiger partial charge is 0.383 e. The van der Waals surface area contributed by atoms with E-state index in [0.717, 1.165) is 35.5 Å². The van der Waals surface area contributed by atoms with Gasteiger partial charge >= 0.3 is 0 Å². The zero-order chi connectivity index (χ0) is 12.5. The number of hydrogen-bond donors (Lipinski definition) is 1. The van der Waals surface area contributed by atoms with E-state index in [1.807, 2.05) is 12.1 Å². The van der Waals surface area contributed by atoms with Gasteiger partial charge in [-0.2, -0.15) is 0 Å². The van der Waals surface area contributed by atoms with Crippen molar-refractivity contribution in [3.8, 4) is 11.4 Å². The average molecular weight is 239 g/mol. The van der Waals surface area contributed by atoms with Crippen LogP contribution in [0.15, 0.2) is 24.3 Å². The molecule has 1 aromatic heterocycles. The van der Waals surface area contributed by atoms with Crippen LogP contribution in [-0.2, 0) is 12.8 Å². The molecule has 1 aliphatic carbocycles. The van der Waals surface area contributed by atoms with Gasteiger partial charge in [0.1, 0.15) is 5.82 Å². The van der Waals surface area contributed by atoms with Crippen LogP contribution in [0, 0.1) is 6.92 Å². The molecule has 1 heterocycles. The molecule has 0 fully saturated rings. The molecule has 18 heavy (non-hydrogen) atoms. The van der Waals surface area contributed by atoms with Gasteiger partial charge in [0.25, 0.3) is 0 Å². The Bertz CT molecular complexity index is 590. The second-order valence-corrected chi connectivity index (χ2v) is 4.93. The summed E-state index contributed by atoms with van der Waals surface area (Å²) in [6.45, 7) is 2.07. The van der Waals surface area contributed by atoms with E-state index >= 15 is 0 Å². The SMILES string of the molecule is Cc1cccc(-c2nc(N)c3c(n2)CCCC3)c1. The molecule has 0 aliphatic heterocycles. The first-order valence-electron chi connectivity index (χ1n) is 6.46. The normalized spacial score (nSPS) is 14.3. The number of hydrogen-bond acceptors (Lipinski definition) is 3. The maximum Gasteiger partial charge on any atom is 0.161 e. The smallest absolute Gasteiger partial charge is 0.161 e. The van der Waals surface area contributed by atoms with Crippen molar-refractivity contribution in [2.45, 2.75) is 32.6 Å². The summed E-state index contributed by atoms with van der Waals surface area (Å²) in [7, 11) is 0. The van der Waals surface area contributed by atoms with E-state index < -0.39 is 0 Å². The first kappa shape index (κ1) is 11.2. The van der Waals surface area contributed by atoms with E-state index in [4.69, 9.17) is 10.7 Å². The minimum atomic E-state index is 0.663. The van der Waals surface area contributed by atoms with Crippen molar-refractivity contribution < 1.29 is 0 Å². The van der Waals surface area contributed by atoms with Crippen molar-refractivity contribution >= 4 is 5.82 Å². The van der Waals surface area contributed by atoms with E-state index in [1.165, 1.54) is 18.4 Å². The van der Waals surface area contributed by atoms with Crippen molar-refractivity contribution in [2.24, 2.45) is 0 Å². The maximum absolute atomic E-state index is 6.07. The van der Waals surface area contributed by atoms with Crippen molar-refractivity contribution in [3.05, 3.63) is 41.1 Å². The highest BCUT2D eigenvalue weighted by molar-refractivity contribution is 5.60. The Morgan fingerprint density at radius 3 is 2.78 bits per heavy atom. The lowest BCUT2D eigenvalue weighted by atomic mass is 9.96. The van der Waals surface area contributed by atoms with Crippen LogP contribution in [-0.4, -0.2) is 9.97 Å². The quantitative estimate of drug-likeness (QED) is 0.832. The van der Waals surface area contributed by atoms with Crippen LogP contribution in [0.1, 0.15) is 29.7 Å². The molecule has 3 nitrogen and oxygen atoms in total. The Balaban J connectivity index is 2.11. The zero-order valence-corrected chi connectivity index (χ0v) is 10.6. The maximum atomic E-state index is 6.07. The third kappa shape index (κ3) is 1.96. The Morgan fingerprint density at radius 2 is 1.94 bits per heavy atom. The molecule has 0 amide bonds. The fourth-order valence-electron chi connectivity index (χ4n) is 2.54. The van der Waals surface area contributed by atoms with Gasteiger partial charge in [0.2, 0.25) is 0 Å². The van der Waals surface area contributed by atoms with Gasteiger partial charge in [0.15, 0.2) is 5.82 Å². The third-order valence-electron chi connectivity index (χ3n) is 3.49. The lowest BCUT2D eigenvalue weighted by Crippen LogP contribution is -2.11. The molecule has 0 radical (unpaired) electrons. The number of aryl methyl sites for hydroxylation is 2. The first-order chi connectivity index (χ1) is 8.74. The summed E-state index contributed by atoms with van der Waals surface area (Å²) in [5.41, 5.74) is 10.6. The number of aromatic nitrogens is 2. The monoisotopic (exact) mass is 239 g/mol. The molecule has 0 unspecified atom stereocenters. The van der Waals surface area contributed by atoms with E-state index in [-0.39, 0.29) is 0 Å². The molecular weight excluding hydrogens is 222 g/mol. The highest BCUT2D eigenvalue weighted by atomic mass is 15.0. The van der Waals surface area contributed by atoms with Crippen molar-refractivity contribution in [3.63, 3.8) is 0 Å². The molecule has 92 valence electrons. The lowest BCUT2D eigenvalue weighted by Gasteiger charge is -2.17. The number of nitrogens with two attached hydrogens (primary N) is 1. The minimum Gasteiger partial charge on any atom is -0.383 e. The third-order valence-corrected chi connectivity index (χ3v) is 3.49. The van der Waals surface area contributed by atoms with Gasteiger partial charge in [0.05, 0.1) is 0 Å².